The van der Waals surface area contributed by atoms with Crippen molar-refractivity contribution in [3.05, 3.63) is 58.5 Å². The van der Waals surface area contributed by atoms with E-state index >= 15 is 0 Å². The lowest BCUT2D eigenvalue weighted by atomic mass is 10.0. The highest BCUT2D eigenvalue weighted by atomic mass is 16.6. The molecule has 1 heterocycles. The molecule has 0 atom stereocenters. The number of methoxy groups -OCH3 is 2. The molecular formula is C18H16N2O5. The molecule has 0 aliphatic carbocycles. The summed E-state index contributed by atoms with van der Waals surface area (Å²) in [5.41, 5.74) is 1.65. The molecule has 0 aliphatic rings. The molecule has 1 aromatic heterocycles. The molecule has 7 heteroatoms. The third kappa shape index (κ3) is 3.03. The van der Waals surface area contributed by atoms with Crippen molar-refractivity contribution in [3.63, 3.8) is 0 Å². The Morgan fingerprint density at radius 1 is 1.08 bits per heavy atom. The molecule has 0 saturated carbocycles. The van der Waals surface area contributed by atoms with Crippen molar-refractivity contribution in [1.82, 2.24) is 4.98 Å². The van der Waals surface area contributed by atoms with Gasteiger partial charge in [0, 0.05) is 24.1 Å². The second-order valence-corrected chi connectivity index (χ2v) is 5.26. The van der Waals surface area contributed by atoms with Gasteiger partial charge < -0.3 is 13.9 Å². The van der Waals surface area contributed by atoms with Gasteiger partial charge in [0.05, 0.1) is 19.1 Å². The Hall–Kier alpha value is -3.35. The summed E-state index contributed by atoms with van der Waals surface area (Å²) in [5.74, 6) is 1.33. The minimum absolute atomic E-state index is 0.0673. The van der Waals surface area contributed by atoms with Gasteiger partial charge in [-0.3, -0.25) is 10.1 Å². The SMILES string of the molecule is COc1cc(-c2nc(C)oc2-c2ccccc2)cc([N+](=O)[O-])c1OC. The highest BCUT2D eigenvalue weighted by Gasteiger charge is 2.25. The second kappa shape index (κ2) is 6.64. The third-order valence-electron chi connectivity index (χ3n) is 3.70. The fourth-order valence-corrected chi connectivity index (χ4v) is 2.62. The van der Waals surface area contributed by atoms with Crippen LogP contribution in [0.25, 0.3) is 22.6 Å². The summed E-state index contributed by atoms with van der Waals surface area (Å²) < 4.78 is 16.1. The molecule has 0 unspecified atom stereocenters. The van der Waals surface area contributed by atoms with Crippen LogP contribution < -0.4 is 9.47 Å². The first-order valence-electron chi connectivity index (χ1n) is 7.48. The Balaban J connectivity index is 2.24. The fraction of sp³-hybridized carbons (Fsp3) is 0.167. The van der Waals surface area contributed by atoms with Gasteiger partial charge in [-0.15, -0.1) is 0 Å². The number of hydrogen-bond acceptors (Lipinski definition) is 6. The maximum atomic E-state index is 11.4. The van der Waals surface area contributed by atoms with E-state index in [4.69, 9.17) is 13.9 Å². The molecule has 7 nitrogen and oxygen atoms in total. The van der Waals surface area contributed by atoms with E-state index in [0.717, 1.165) is 5.56 Å². The number of oxazole rings is 1. The van der Waals surface area contributed by atoms with Gasteiger partial charge >= 0.3 is 5.69 Å². The van der Waals surface area contributed by atoms with Crippen molar-refractivity contribution in [2.75, 3.05) is 14.2 Å². The molecule has 0 amide bonds. The summed E-state index contributed by atoms with van der Waals surface area (Å²) in [5, 5.41) is 11.4. The standard InChI is InChI=1S/C18H16N2O5/c1-11-19-16(17(25-11)12-7-5-4-6-8-12)13-9-14(20(21)22)18(24-3)15(10-13)23-2/h4-10H,1-3H3. The Labute approximate surface area is 144 Å². The molecule has 0 spiro atoms. The van der Waals surface area contributed by atoms with E-state index in [9.17, 15) is 10.1 Å². The van der Waals surface area contributed by atoms with Crippen LogP contribution in [-0.4, -0.2) is 24.1 Å². The number of rotatable bonds is 5. The third-order valence-corrected chi connectivity index (χ3v) is 3.70. The van der Waals surface area contributed by atoms with E-state index in [0.29, 0.717) is 22.9 Å². The lowest BCUT2D eigenvalue weighted by molar-refractivity contribution is -0.385. The van der Waals surface area contributed by atoms with Crippen LogP contribution in [0.4, 0.5) is 5.69 Å². The average Bonchev–Trinajstić information content (AvgIpc) is 3.03. The van der Waals surface area contributed by atoms with Gasteiger partial charge in [0.25, 0.3) is 0 Å². The van der Waals surface area contributed by atoms with Gasteiger partial charge in [0.2, 0.25) is 5.75 Å². The molecule has 0 saturated heterocycles. The Kier molecular flexibility index (Phi) is 4.38. The maximum Gasteiger partial charge on any atom is 0.315 e. The van der Waals surface area contributed by atoms with Crippen LogP contribution in [0, 0.1) is 17.0 Å². The zero-order valence-electron chi connectivity index (χ0n) is 14.0. The number of nitro groups is 1. The second-order valence-electron chi connectivity index (χ2n) is 5.26. The number of aryl methyl sites for hydroxylation is 1. The van der Waals surface area contributed by atoms with Crippen LogP contribution in [0.2, 0.25) is 0 Å². The molecule has 25 heavy (non-hydrogen) atoms. The Bertz CT molecular complexity index is 919. The van der Waals surface area contributed by atoms with Gasteiger partial charge in [0.1, 0.15) is 5.69 Å². The van der Waals surface area contributed by atoms with Gasteiger partial charge in [-0.05, 0) is 6.07 Å². The normalized spacial score (nSPS) is 10.5. The summed E-state index contributed by atoms with van der Waals surface area (Å²) in [6, 6.07) is 12.5. The van der Waals surface area contributed by atoms with E-state index in [1.54, 1.807) is 13.0 Å². The topological polar surface area (TPSA) is 87.6 Å². The first-order chi connectivity index (χ1) is 12.0. The summed E-state index contributed by atoms with van der Waals surface area (Å²) >= 11 is 0. The summed E-state index contributed by atoms with van der Waals surface area (Å²) in [7, 11) is 2.79. The van der Waals surface area contributed by atoms with Crippen LogP contribution in [0.1, 0.15) is 5.89 Å². The van der Waals surface area contributed by atoms with E-state index in [1.807, 2.05) is 30.3 Å². The van der Waals surface area contributed by atoms with E-state index in [1.165, 1.54) is 20.3 Å². The first kappa shape index (κ1) is 16.5. The average molecular weight is 340 g/mol. The molecule has 128 valence electrons. The number of aromatic nitrogens is 1. The van der Waals surface area contributed by atoms with Crippen molar-refractivity contribution in [1.29, 1.82) is 0 Å². The van der Waals surface area contributed by atoms with Crippen LogP contribution >= 0.6 is 0 Å². The molecule has 0 bridgehead atoms. The largest absolute Gasteiger partial charge is 0.493 e. The van der Waals surface area contributed by atoms with E-state index in [2.05, 4.69) is 4.98 Å². The van der Waals surface area contributed by atoms with Crippen molar-refractivity contribution in [2.45, 2.75) is 6.92 Å². The predicted molar refractivity (Wildman–Crippen MR) is 91.9 cm³/mol. The van der Waals surface area contributed by atoms with Crippen LogP contribution in [-0.2, 0) is 0 Å². The Morgan fingerprint density at radius 2 is 1.80 bits per heavy atom. The highest BCUT2D eigenvalue weighted by molar-refractivity contribution is 5.80. The van der Waals surface area contributed by atoms with Gasteiger partial charge in [-0.1, -0.05) is 30.3 Å². The van der Waals surface area contributed by atoms with Crippen molar-refractivity contribution in [2.24, 2.45) is 0 Å². The lowest BCUT2D eigenvalue weighted by Gasteiger charge is -2.10. The molecule has 0 N–H and O–H groups in total. The summed E-state index contributed by atoms with van der Waals surface area (Å²) in [4.78, 5) is 15.3. The van der Waals surface area contributed by atoms with Crippen LogP contribution in [0.15, 0.2) is 46.9 Å². The molecule has 0 radical (unpaired) electrons. The van der Waals surface area contributed by atoms with Crippen LogP contribution in [0.5, 0.6) is 11.5 Å². The number of ether oxygens (including phenoxy) is 2. The van der Waals surface area contributed by atoms with Gasteiger partial charge in [-0.25, -0.2) is 4.98 Å². The predicted octanol–water partition coefficient (Wildman–Crippen LogP) is 4.24. The first-order valence-corrected chi connectivity index (χ1v) is 7.48. The maximum absolute atomic E-state index is 11.4. The number of nitrogens with zero attached hydrogens (tertiary/aromatic N) is 2. The lowest BCUT2D eigenvalue weighted by Crippen LogP contribution is -1.98. The smallest absolute Gasteiger partial charge is 0.315 e. The van der Waals surface area contributed by atoms with Crippen molar-refractivity contribution < 1.29 is 18.8 Å². The minimum atomic E-state index is -0.514. The molecule has 3 aromatic rings. The van der Waals surface area contributed by atoms with Crippen molar-refractivity contribution >= 4 is 5.69 Å². The van der Waals surface area contributed by atoms with Crippen molar-refractivity contribution in [3.8, 4) is 34.1 Å². The molecule has 0 fully saturated rings. The fourth-order valence-electron chi connectivity index (χ4n) is 2.62. The monoisotopic (exact) mass is 340 g/mol. The van der Waals surface area contributed by atoms with Gasteiger partial charge in [-0.2, -0.15) is 0 Å². The van der Waals surface area contributed by atoms with E-state index < -0.39 is 4.92 Å². The molecular weight excluding hydrogens is 324 g/mol. The number of nitro benzene ring substituents is 1. The van der Waals surface area contributed by atoms with Gasteiger partial charge in [0.15, 0.2) is 17.4 Å². The van der Waals surface area contributed by atoms with Crippen LogP contribution in [0.3, 0.4) is 0 Å². The summed E-state index contributed by atoms with van der Waals surface area (Å²) in [6.45, 7) is 1.73. The molecule has 0 aliphatic heterocycles. The molecule has 3 rings (SSSR count). The quantitative estimate of drug-likeness (QED) is 0.510. The number of hydrogen-bond donors (Lipinski definition) is 0. The number of benzene rings is 2. The summed E-state index contributed by atoms with van der Waals surface area (Å²) in [6.07, 6.45) is 0. The minimum Gasteiger partial charge on any atom is -0.493 e. The highest BCUT2D eigenvalue weighted by Crippen LogP contribution is 2.42. The van der Waals surface area contributed by atoms with E-state index in [-0.39, 0.29) is 17.2 Å². The Morgan fingerprint density at radius 3 is 2.40 bits per heavy atom. The molecule has 2 aromatic carbocycles. The zero-order valence-corrected chi connectivity index (χ0v) is 14.0. The zero-order chi connectivity index (χ0) is 18.0.